The van der Waals surface area contributed by atoms with Gasteiger partial charge in [-0.25, -0.2) is 0 Å². The van der Waals surface area contributed by atoms with Crippen LogP contribution in [0.1, 0.15) is 0 Å². The van der Waals surface area contributed by atoms with E-state index < -0.39 is 0 Å². The van der Waals surface area contributed by atoms with E-state index in [-0.39, 0.29) is 26.2 Å². The molecule has 1 radical (unpaired) electrons. The Morgan fingerprint density at radius 1 is 1.75 bits per heavy atom. The van der Waals surface area contributed by atoms with Crippen LogP contribution in [0.5, 0.6) is 0 Å². The Kier molecular flexibility index (Phi) is 23.2. The van der Waals surface area contributed by atoms with E-state index in [2.05, 4.69) is 0 Å². The van der Waals surface area contributed by atoms with Crippen LogP contribution in [0.15, 0.2) is 0 Å². The molecule has 0 aliphatic rings. The van der Waals surface area contributed by atoms with Crippen molar-refractivity contribution in [3.05, 3.63) is 0 Å². The average Bonchev–Trinajstić information content (AvgIpc) is 0.918. The van der Waals surface area contributed by atoms with Crippen LogP contribution in [-0.4, -0.2) is 31.2 Å². The summed E-state index contributed by atoms with van der Waals surface area (Å²) in [6.45, 7) is 0. The Bertz CT molecular complexity index is 13.5. The van der Waals surface area contributed by atoms with Crippen molar-refractivity contribution in [1.29, 1.82) is 0 Å². The predicted molar refractivity (Wildman–Crippen MR) is 14.4 cm³/mol. The Labute approximate surface area is 36.7 Å². The van der Waals surface area contributed by atoms with E-state index in [0.717, 1.165) is 0 Å². The van der Waals surface area contributed by atoms with E-state index >= 15 is 0 Å². The molecule has 0 unspecified atom stereocenters. The van der Waals surface area contributed by atoms with Gasteiger partial charge in [-0.05, 0) is 0 Å². The first-order chi connectivity index (χ1) is 1.41. The van der Waals surface area contributed by atoms with Gasteiger partial charge >= 0.3 is 17.1 Å². The van der Waals surface area contributed by atoms with Gasteiger partial charge in [0.2, 0.25) is 0 Å². The van der Waals surface area contributed by atoms with Gasteiger partial charge in [-0.1, -0.05) is 0 Å². The monoisotopic (exact) mass is 51.0 g/mol. The summed E-state index contributed by atoms with van der Waals surface area (Å²) < 4.78 is 8.36. The molecule has 0 atom stereocenters. The molecule has 0 amide bonds. The molecular weight excluding hydrogens is 49.8 g/mol. The van der Waals surface area contributed by atoms with Crippen molar-refractivity contribution in [3.8, 4) is 0 Å². The molecule has 0 aromatic heterocycles. The minimum Gasteiger partial charge on any atom is 0 e. The van der Waals surface area contributed by atoms with Gasteiger partial charge in [0.25, 0.3) is 0 Å². The van der Waals surface area contributed by atoms with Gasteiger partial charge in [0.1, 0.15) is 0 Å². The van der Waals surface area contributed by atoms with E-state index in [1.165, 1.54) is 0 Å². The van der Waals surface area contributed by atoms with E-state index in [1.54, 1.807) is 0 Å². The van der Waals surface area contributed by atoms with Gasteiger partial charge in [-0.3, -0.25) is 0 Å². The quantitative estimate of drug-likeness (QED) is 0.342. The van der Waals surface area contributed by atoms with Crippen molar-refractivity contribution in [2.24, 2.45) is 0 Å². The van der Waals surface area contributed by atoms with Crippen LogP contribution in [0.4, 0.5) is 0 Å². The summed E-state index contributed by atoms with van der Waals surface area (Å²) in [7, 11) is -0.250. The second-order valence-corrected chi connectivity index (χ2v) is 0.105. The number of hydrogen-bond donors (Lipinski definition) is 1. The molecule has 0 aliphatic carbocycles. The maximum Gasteiger partial charge on any atom is 0 e. The van der Waals surface area contributed by atoms with E-state index in [1.807, 2.05) is 0 Å². The van der Waals surface area contributed by atoms with Crippen LogP contribution in [0, 0.1) is 0 Å². The fraction of sp³-hybridized carbons (Fsp3) is 0. The van der Waals surface area contributed by atoms with E-state index in [9.17, 15) is 0 Å². The third-order valence-corrected chi connectivity index (χ3v) is 0. The van der Waals surface area contributed by atoms with E-state index in [0.29, 0.717) is 0 Å². The molecule has 0 aromatic carbocycles. The smallest absolute Gasteiger partial charge is 0 e. The maximum absolute atomic E-state index is 8.36. The molecule has 0 fully saturated rings. The minimum atomic E-state index is -0.250. The van der Waals surface area contributed by atoms with Gasteiger partial charge in [-0.2, -0.15) is 0 Å². The van der Waals surface area contributed by atoms with Crippen LogP contribution < -0.4 is 0 Å². The molecule has 4 heavy (non-hydrogen) atoms. The first-order valence-electron chi connectivity index (χ1n) is 0.494. The van der Waals surface area contributed by atoms with E-state index in [4.69, 9.17) is 9.73 Å². The minimum absolute atomic E-state index is 0. The molecule has 4 heteroatoms. The first-order valence-corrected chi connectivity index (χ1v) is 0.494. The largest absolute Gasteiger partial charge is 0 e. The Morgan fingerprint density at radius 3 is 1.75 bits per heavy atom. The van der Waals surface area contributed by atoms with Gasteiger partial charge in [0, 0.05) is 18.9 Å². The molecule has 1 N–H and O–H groups in total. The fourth-order valence-corrected chi connectivity index (χ4v) is 0. The molecule has 0 bridgehead atoms. The normalized spacial score (nSPS) is 2.00. The summed E-state index contributed by atoms with van der Waals surface area (Å²) in [4.78, 5) is 0. The van der Waals surface area contributed by atoms with Crippen molar-refractivity contribution < 1.29 is 9.73 Å². The zero-order chi connectivity index (χ0) is 2.71. The molecule has 17 valence electrons. The molecule has 0 aliphatic heterocycles. The van der Waals surface area contributed by atoms with Crippen molar-refractivity contribution in [3.63, 3.8) is 0 Å². The number of hydrogen-bond acceptors (Lipinski definition) is 1. The van der Waals surface area contributed by atoms with Crippen LogP contribution in [0.25, 0.3) is 0 Å². The molecule has 0 saturated carbocycles. The first kappa shape index (κ1) is 8.86. The summed E-state index contributed by atoms with van der Waals surface area (Å²) in [5.74, 6) is 0. The van der Waals surface area contributed by atoms with Crippen molar-refractivity contribution in [2.75, 3.05) is 0 Å². The molecule has 0 spiro atoms. The third kappa shape index (κ3) is 52.4. The Hall–Kier alpha value is 0.262. The maximum atomic E-state index is 8.36. The van der Waals surface area contributed by atoms with Gasteiger partial charge in [0.05, 0.1) is 0 Å². The number of rotatable bonds is 0. The second-order valence-electron chi connectivity index (χ2n) is 0.105. The van der Waals surface area contributed by atoms with Crippen molar-refractivity contribution in [2.45, 2.75) is 0 Å². The van der Waals surface area contributed by atoms with Gasteiger partial charge in [-0.15, -0.1) is 0 Å². The molecule has 2 nitrogen and oxygen atoms in total. The zero-order valence-electron chi connectivity index (χ0n) is 2.43. The van der Waals surface area contributed by atoms with Crippen LogP contribution >= 0.6 is 0 Å². The topological polar surface area (TPSA) is 37.3 Å². The molecule has 0 heterocycles. The molecule has 0 aromatic rings. The third-order valence-electron chi connectivity index (χ3n) is 0. The summed E-state index contributed by atoms with van der Waals surface area (Å²) in [5, 5.41) is 6.89. The summed E-state index contributed by atoms with van der Waals surface area (Å²) >= 11 is 0. The van der Waals surface area contributed by atoms with Crippen molar-refractivity contribution in [1.82, 2.24) is 0 Å². The average molecular weight is 50.8 g/mol. The van der Waals surface area contributed by atoms with Crippen LogP contribution in [0.2, 0.25) is 0 Å². The zero-order valence-corrected chi connectivity index (χ0v) is 2.43. The summed E-state index contributed by atoms with van der Waals surface area (Å²) in [6.07, 6.45) is 0. The van der Waals surface area contributed by atoms with Crippen LogP contribution in [-0.2, 0) is 4.70 Å². The van der Waals surface area contributed by atoms with Gasteiger partial charge in [0.15, 0.2) is 0 Å². The SMILES string of the molecule is O=BO.[Li]. The second kappa shape index (κ2) is 10.5. The molecule has 0 rings (SSSR count). The molecule has 0 saturated heterocycles. The Balaban J connectivity index is 0. The van der Waals surface area contributed by atoms with Gasteiger partial charge < -0.3 is 0 Å². The van der Waals surface area contributed by atoms with Crippen molar-refractivity contribution >= 4 is 26.2 Å². The fourth-order valence-electron chi connectivity index (χ4n) is 0. The standard InChI is InChI=1S/BHO2.Li/c2-1-3;/h2H;. The molecular formula is HBLiO2. The summed E-state index contributed by atoms with van der Waals surface area (Å²) in [6, 6.07) is 0. The van der Waals surface area contributed by atoms with Crippen LogP contribution in [0.3, 0.4) is 0 Å². The Morgan fingerprint density at radius 2 is 1.75 bits per heavy atom. The summed E-state index contributed by atoms with van der Waals surface area (Å²) in [5.41, 5.74) is 0. The predicted octanol–water partition coefficient (Wildman–Crippen LogP) is -1.44.